The van der Waals surface area contributed by atoms with Gasteiger partial charge in [-0.05, 0) is 26.0 Å². The van der Waals surface area contributed by atoms with Crippen LogP contribution in [-0.4, -0.2) is 9.78 Å². The third-order valence-electron chi connectivity index (χ3n) is 3.25. The van der Waals surface area contributed by atoms with Crippen LogP contribution in [-0.2, 0) is 6.42 Å². The van der Waals surface area contributed by atoms with Crippen molar-refractivity contribution >= 4 is 0 Å². The van der Waals surface area contributed by atoms with E-state index in [1.807, 2.05) is 13.8 Å². The van der Waals surface area contributed by atoms with Crippen molar-refractivity contribution < 1.29 is 13.2 Å². The molecule has 0 spiro atoms. The summed E-state index contributed by atoms with van der Waals surface area (Å²) in [4.78, 5) is 0. The number of hydrazine groups is 1. The zero-order valence-corrected chi connectivity index (χ0v) is 11.8. The molecule has 0 aliphatic rings. The van der Waals surface area contributed by atoms with Crippen LogP contribution in [0.5, 0.6) is 0 Å². The van der Waals surface area contributed by atoms with E-state index in [1.165, 1.54) is 6.07 Å². The highest BCUT2D eigenvalue weighted by Crippen LogP contribution is 2.23. The van der Waals surface area contributed by atoms with E-state index < -0.39 is 23.5 Å². The van der Waals surface area contributed by atoms with Gasteiger partial charge in [-0.15, -0.1) is 0 Å². The lowest BCUT2D eigenvalue weighted by Crippen LogP contribution is -2.30. The molecule has 0 bridgehead atoms. The van der Waals surface area contributed by atoms with Crippen molar-refractivity contribution in [3.63, 3.8) is 0 Å². The minimum atomic E-state index is -1.50. The Kier molecular flexibility index (Phi) is 4.64. The Morgan fingerprint density at radius 3 is 2.48 bits per heavy atom. The first-order chi connectivity index (χ1) is 9.93. The lowest BCUT2D eigenvalue weighted by molar-refractivity contribution is 0.423. The predicted octanol–water partition coefficient (Wildman–Crippen LogP) is 2.63. The quantitative estimate of drug-likeness (QED) is 0.507. The summed E-state index contributed by atoms with van der Waals surface area (Å²) >= 11 is 0. The molecule has 0 saturated carbocycles. The van der Waals surface area contributed by atoms with Gasteiger partial charge in [0.25, 0.3) is 0 Å². The number of halogens is 3. The normalized spacial score (nSPS) is 12.9. The van der Waals surface area contributed by atoms with E-state index in [-0.39, 0.29) is 18.0 Å². The molecule has 1 aromatic carbocycles. The first-order valence-corrected chi connectivity index (χ1v) is 6.57. The molecule has 1 heterocycles. The second-order valence-electron chi connectivity index (χ2n) is 5.07. The molecular formula is C14H17F3N4. The maximum absolute atomic E-state index is 13.8. The fourth-order valence-electron chi connectivity index (χ4n) is 2.05. The fraction of sp³-hybridized carbons (Fsp3) is 0.357. The van der Waals surface area contributed by atoms with Crippen LogP contribution in [0.15, 0.2) is 24.4 Å². The van der Waals surface area contributed by atoms with Gasteiger partial charge in [-0.25, -0.2) is 13.2 Å². The summed E-state index contributed by atoms with van der Waals surface area (Å²) in [7, 11) is 0. The standard InChI is InChI=1S/C14H17F3N4/c1-8(2)21-6-5-9(20-21)7-12(19-18)10-3-4-11(15)14(17)13(10)16/h3-6,8,12,19H,7,18H2,1-2H3. The SMILES string of the molecule is CC(C)n1ccc(CC(NN)c2ccc(F)c(F)c2F)n1. The van der Waals surface area contributed by atoms with Crippen LogP contribution in [0.3, 0.4) is 0 Å². The van der Waals surface area contributed by atoms with Gasteiger partial charge in [0.15, 0.2) is 17.5 Å². The van der Waals surface area contributed by atoms with E-state index in [9.17, 15) is 13.2 Å². The van der Waals surface area contributed by atoms with Crippen LogP contribution < -0.4 is 11.3 Å². The van der Waals surface area contributed by atoms with Crippen molar-refractivity contribution in [2.75, 3.05) is 0 Å². The first kappa shape index (κ1) is 15.5. The average molecular weight is 298 g/mol. The van der Waals surface area contributed by atoms with E-state index in [2.05, 4.69) is 10.5 Å². The Balaban J connectivity index is 2.25. The Morgan fingerprint density at radius 2 is 1.90 bits per heavy atom. The molecule has 0 radical (unpaired) electrons. The minimum absolute atomic E-state index is 0.0319. The van der Waals surface area contributed by atoms with Crippen molar-refractivity contribution in [3.05, 3.63) is 53.1 Å². The second-order valence-corrected chi connectivity index (χ2v) is 5.07. The molecule has 7 heteroatoms. The topological polar surface area (TPSA) is 55.9 Å². The molecule has 0 aliphatic carbocycles. The van der Waals surface area contributed by atoms with Crippen molar-refractivity contribution in [3.8, 4) is 0 Å². The maximum Gasteiger partial charge on any atom is 0.194 e. The number of aromatic nitrogens is 2. The molecular weight excluding hydrogens is 281 g/mol. The summed E-state index contributed by atoms with van der Waals surface area (Å²) in [6.45, 7) is 3.95. The summed E-state index contributed by atoms with van der Waals surface area (Å²) < 4.78 is 41.8. The van der Waals surface area contributed by atoms with E-state index >= 15 is 0 Å². The van der Waals surface area contributed by atoms with Gasteiger partial charge in [0.05, 0.1) is 11.7 Å². The molecule has 1 aromatic heterocycles. The van der Waals surface area contributed by atoms with Gasteiger partial charge in [0.2, 0.25) is 0 Å². The molecule has 4 nitrogen and oxygen atoms in total. The number of benzene rings is 1. The van der Waals surface area contributed by atoms with Gasteiger partial charge in [-0.3, -0.25) is 16.0 Å². The van der Waals surface area contributed by atoms with Crippen LogP contribution in [0.25, 0.3) is 0 Å². The lowest BCUT2D eigenvalue weighted by atomic mass is 10.0. The molecule has 114 valence electrons. The summed E-state index contributed by atoms with van der Waals surface area (Å²) in [5.74, 6) is 1.45. The molecule has 21 heavy (non-hydrogen) atoms. The number of nitrogens with one attached hydrogen (secondary N) is 1. The first-order valence-electron chi connectivity index (χ1n) is 6.57. The van der Waals surface area contributed by atoms with Crippen molar-refractivity contribution in [2.24, 2.45) is 5.84 Å². The van der Waals surface area contributed by atoms with E-state index in [0.29, 0.717) is 5.69 Å². The summed E-state index contributed by atoms with van der Waals surface area (Å²) in [5.41, 5.74) is 3.06. The Hall–Kier alpha value is -1.86. The molecule has 2 aromatic rings. The van der Waals surface area contributed by atoms with Crippen LogP contribution in [0.4, 0.5) is 13.2 Å². The highest BCUT2D eigenvalue weighted by atomic mass is 19.2. The highest BCUT2D eigenvalue weighted by molar-refractivity contribution is 5.25. The number of nitrogens with zero attached hydrogens (tertiary/aromatic N) is 2. The minimum Gasteiger partial charge on any atom is -0.271 e. The Bertz CT molecular complexity index is 625. The average Bonchev–Trinajstić information content (AvgIpc) is 2.92. The number of rotatable bonds is 5. The molecule has 0 saturated heterocycles. The Labute approximate surface area is 120 Å². The highest BCUT2D eigenvalue weighted by Gasteiger charge is 2.21. The molecule has 0 aliphatic heterocycles. The Morgan fingerprint density at radius 1 is 1.19 bits per heavy atom. The van der Waals surface area contributed by atoms with Gasteiger partial charge >= 0.3 is 0 Å². The van der Waals surface area contributed by atoms with Crippen LogP contribution in [0.2, 0.25) is 0 Å². The van der Waals surface area contributed by atoms with E-state index in [4.69, 9.17) is 5.84 Å². The smallest absolute Gasteiger partial charge is 0.194 e. The van der Waals surface area contributed by atoms with Gasteiger partial charge in [-0.2, -0.15) is 5.10 Å². The van der Waals surface area contributed by atoms with E-state index in [0.717, 1.165) is 6.07 Å². The van der Waals surface area contributed by atoms with Crippen molar-refractivity contribution in [1.29, 1.82) is 0 Å². The number of hydrogen-bond donors (Lipinski definition) is 2. The van der Waals surface area contributed by atoms with Gasteiger partial charge in [0.1, 0.15) is 0 Å². The summed E-state index contributed by atoms with van der Waals surface area (Å²) in [5, 5.41) is 4.32. The number of hydrogen-bond acceptors (Lipinski definition) is 3. The van der Waals surface area contributed by atoms with E-state index in [1.54, 1.807) is 16.9 Å². The zero-order chi connectivity index (χ0) is 15.6. The second kappa shape index (κ2) is 6.28. The number of nitrogens with two attached hydrogens (primary N) is 1. The lowest BCUT2D eigenvalue weighted by Gasteiger charge is -2.16. The van der Waals surface area contributed by atoms with Gasteiger partial charge in [0, 0.05) is 24.2 Å². The van der Waals surface area contributed by atoms with Crippen LogP contribution >= 0.6 is 0 Å². The molecule has 0 amide bonds. The third kappa shape index (κ3) is 3.25. The summed E-state index contributed by atoms with van der Waals surface area (Å²) in [6.07, 6.45) is 2.06. The predicted molar refractivity (Wildman–Crippen MR) is 72.7 cm³/mol. The molecule has 0 fully saturated rings. The molecule has 1 unspecified atom stereocenters. The molecule has 3 N–H and O–H groups in total. The van der Waals surface area contributed by atoms with Gasteiger partial charge < -0.3 is 0 Å². The van der Waals surface area contributed by atoms with Gasteiger partial charge in [-0.1, -0.05) is 6.07 Å². The molecule has 1 atom stereocenters. The monoisotopic (exact) mass is 298 g/mol. The third-order valence-corrected chi connectivity index (χ3v) is 3.25. The largest absolute Gasteiger partial charge is 0.271 e. The zero-order valence-electron chi connectivity index (χ0n) is 11.8. The van der Waals surface area contributed by atoms with Crippen molar-refractivity contribution in [2.45, 2.75) is 32.4 Å². The van der Waals surface area contributed by atoms with Crippen LogP contribution in [0, 0.1) is 17.5 Å². The maximum atomic E-state index is 13.8. The molecule has 2 rings (SSSR count). The van der Waals surface area contributed by atoms with Crippen molar-refractivity contribution in [1.82, 2.24) is 15.2 Å². The van der Waals surface area contributed by atoms with Crippen LogP contribution in [0.1, 0.15) is 37.2 Å². The summed E-state index contributed by atoms with van der Waals surface area (Å²) in [6, 6.07) is 3.34. The fourth-order valence-corrected chi connectivity index (χ4v) is 2.05.